The van der Waals surface area contributed by atoms with E-state index in [2.05, 4.69) is 10.5 Å². The van der Waals surface area contributed by atoms with E-state index in [4.69, 9.17) is 11.1 Å². The van der Waals surface area contributed by atoms with Gasteiger partial charge >= 0.3 is 0 Å². The van der Waals surface area contributed by atoms with E-state index < -0.39 is 0 Å². The highest BCUT2D eigenvalue weighted by molar-refractivity contribution is 6.27. The summed E-state index contributed by atoms with van der Waals surface area (Å²) in [5, 5.41) is 10.00. The molecule has 5 heteroatoms. The van der Waals surface area contributed by atoms with Crippen LogP contribution in [0.15, 0.2) is 5.10 Å². The molecule has 0 saturated carbocycles. The molecule has 0 spiro atoms. The minimum Gasteiger partial charge on any atom is -0.369 e. The van der Waals surface area contributed by atoms with Gasteiger partial charge in [-0.15, -0.1) is 0 Å². The maximum Gasteiger partial charge on any atom is 0.206 e. The van der Waals surface area contributed by atoms with Crippen molar-refractivity contribution in [1.29, 1.82) is 5.41 Å². The molecule has 0 unspecified atom stereocenters. The van der Waals surface area contributed by atoms with Crippen molar-refractivity contribution in [3.63, 3.8) is 0 Å². The van der Waals surface area contributed by atoms with Crippen LogP contribution >= 0.6 is 0 Å². The quantitative estimate of drug-likeness (QED) is 0.194. The van der Waals surface area contributed by atoms with Crippen molar-refractivity contribution in [3.05, 3.63) is 0 Å². The zero-order valence-electron chi connectivity index (χ0n) is 5.01. The van der Waals surface area contributed by atoms with Gasteiger partial charge in [0.25, 0.3) is 0 Å². The largest absolute Gasteiger partial charge is 0.369 e. The second-order valence-corrected chi connectivity index (χ2v) is 1.40. The third kappa shape index (κ3) is 4.46. The lowest BCUT2D eigenvalue weighted by Crippen LogP contribution is -2.26. The van der Waals surface area contributed by atoms with Crippen molar-refractivity contribution < 1.29 is 4.79 Å². The smallest absolute Gasteiger partial charge is 0.206 e. The van der Waals surface area contributed by atoms with Gasteiger partial charge in [0, 0.05) is 0 Å². The molecule has 0 aromatic rings. The molecule has 0 fully saturated rings. The topological polar surface area (TPSA) is 91.3 Å². The van der Waals surface area contributed by atoms with Crippen molar-refractivity contribution in [3.8, 4) is 0 Å². The molecule has 0 saturated heterocycles. The first-order valence-electron chi connectivity index (χ1n) is 2.26. The first-order chi connectivity index (χ1) is 4.16. The Labute approximate surface area is 52.4 Å². The van der Waals surface area contributed by atoms with Crippen molar-refractivity contribution in [2.45, 2.75) is 6.92 Å². The van der Waals surface area contributed by atoms with Gasteiger partial charge in [0.1, 0.15) is 0 Å². The van der Waals surface area contributed by atoms with Crippen LogP contribution in [-0.4, -0.2) is 18.0 Å². The van der Waals surface area contributed by atoms with Gasteiger partial charge in [-0.25, -0.2) is 5.43 Å². The van der Waals surface area contributed by atoms with Gasteiger partial charge in [0.2, 0.25) is 5.96 Å². The van der Waals surface area contributed by atoms with Gasteiger partial charge < -0.3 is 5.73 Å². The fourth-order valence-electron chi connectivity index (χ4n) is 0.175. The van der Waals surface area contributed by atoms with E-state index in [-0.39, 0.29) is 11.7 Å². The Kier molecular flexibility index (Phi) is 3.04. The number of nitrogens with one attached hydrogen (secondary N) is 2. The van der Waals surface area contributed by atoms with Gasteiger partial charge in [-0.05, 0) is 6.92 Å². The second kappa shape index (κ2) is 3.59. The predicted octanol–water partition coefficient (Wildman–Crippen LogP) is -0.956. The predicted molar refractivity (Wildman–Crippen MR) is 34.2 cm³/mol. The Bertz CT molecular complexity index is 151. The minimum atomic E-state index is -0.281. The summed E-state index contributed by atoms with van der Waals surface area (Å²) in [7, 11) is 0. The van der Waals surface area contributed by atoms with Crippen LogP contribution in [0.1, 0.15) is 6.92 Å². The van der Waals surface area contributed by atoms with Gasteiger partial charge in [-0.2, -0.15) is 5.10 Å². The average Bonchev–Trinajstić information content (AvgIpc) is 1.83. The fraction of sp³-hybridized carbons (Fsp3) is 0.250. The van der Waals surface area contributed by atoms with Crippen LogP contribution in [0, 0.1) is 5.41 Å². The van der Waals surface area contributed by atoms with E-state index in [1.54, 1.807) is 0 Å². The number of rotatable bonds is 2. The summed E-state index contributed by atoms with van der Waals surface area (Å²) in [5.41, 5.74) is 7.21. The molecule has 0 amide bonds. The Morgan fingerprint density at radius 1 is 1.89 bits per heavy atom. The highest BCUT2D eigenvalue weighted by atomic mass is 16.1. The van der Waals surface area contributed by atoms with Crippen LogP contribution in [0.25, 0.3) is 0 Å². The Morgan fingerprint density at radius 2 is 2.44 bits per heavy atom. The molecule has 0 aromatic heterocycles. The zero-order chi connectivity index (χ0) is 7.28. The van der Waals surface area contributed by atoms with Gasteiger partial charge in [-0.1, -0.05) is 0 Å². The number of hydrogen-bond acceptors (Lipinski definition) is 3. The average molecular weight is 128 g/mol. The molecule has 0 aromatic carbocycles. The maximum absolute atomic E-state index is 9.84. The third-order valence-electron chi connectivity index (χ3n) is 0.523. The van der Waals surface area contributed by atoms with Gasteiger partial charge in [0.15, 0.2) is 6.29 Å². The first kappa shape index (κ1) is 7.61. The normalized spacial score (nSPS) is 10.6. The van der Waals surface area contributed by atoms with E-state index in [0.717, 1.165) is 0 Å². The minimum absolute atomic E-state index is 0.255. The highest BCUT2D eigenvalue weighted by Crippen LogP contribution is 1.64. The summed E-state index contributed by atoms with van der Waals surface area (Å²) >= 11 is 0. The molecule has 50 valence electrons. The van der Waals surface area contributed by atoms with Crippen molar-refractivity contribution in [2.24, 2.45) is 10.8 Å². The second-order valence-electron chi connectivity index (χ2n) is 1.40. The maximum atomic E-state index is 9.84. The Balaban J connectivity index is 3.69. The molecule has 0 atom stereocenters. The monoisotopic (exact) mass is 128 g/mol. The summed E-state index contributed by atoms with van der Waals surface area (Å²) in [6, 6.07) is 0. The summed E-state index contributed by atoms with van der Waals surface area (Å²) in [6.07, 6.45) is 0.565. The molecule has 0 aliphatic rings. The molecule has 0 radical (unpaired) electrons. The molecule has 0 aliphatic heterocycles. The molecule has 0 heterocycles. The molecule has 9 heavy (non-hydrogen) atoms. The molecule has 0 aliphatic carbocycles. The van der Waals surface area contributed by atoms with Crippen LogP contribution in [0.4, 0.5) is 0 Å². The number of nitrogens with zero attached hydrogens (tertiary/aromatic N) is 1. The highest BCUT2D eigenvalue weighted by Gasteiger charge is 1.84. The van der Waals surface area contributed by atoms with E-state index in [0.29, 0.717) is 6.29 Å². The first-order valence-corrected chi connectivity index (χ1v) is 2.26. The number of carbonyl (C=O) groups is 1. The summed E-state index contributed by atoms with van der Waals surface area (Å²) in [6.45, 7) is 1.50. The number of carbonyl (C=O) groups excluding carboxylic acids is 1. The van der Waals surface area contributed by atoms with Crippen LogP contribution < -0.4 is 11.2 Å². The number of aldehydes is 1. The van der Waals surface area contributed by atoms with Crippen LogP contribution in [0.3, 0.4) is 0 Å². The van der Waals surface area contributed by atoms with Crippen molar-refractivity contribution >= 4 is 18.0 Å². The molecule has 4 N–H and O–H groups in total. The zero-order valence-corrected chi connectivity index (χ0v) is 5.01. The fourth-order valence-corrected chi connectivity index (χ4v) is 0.175. The third-order valence-corrected chi connectivity index (χ3v) is 0.523. The lowest BCUT2D eigenvalue weighted by atomic mass is 10.5. The molecular weight excluding hydrogens is 120 g/mol. The molecule has 0 rings (SSSR count). The van der Waals surface area contributed by atoms with Gasteiger partial charge in [-0.3, -0.25) is 10.2 Å². The van der Waals surface area contributed by atoms with Crippen LogP contribution in [0.5, 0.6) is 0 Å². The number of hydrazone groups is 1. The standard InChI is InChI=1S/C4H8N4O/c1-3(2-9)7-8-4(5)6/h2H,1H3,(H4,5,6,8). The SMILES string of the molecule is CC(C=O)=NNC(=N)N. The number of nitrogens with two attached hydrogens (primary N) is 1. The summed E-state index contributed by atoms with van der Waals surface area (Å²) in [4.78, 5) is 9.84. The van der Waals surface area contributed by atoms with Crippen LogP contribution in [0.2, 0.25) is 0 Å². The van der Waals surface area contributed by atoms with Crippen LogP contribution in [-0.2, 0) is 4.79 Å². The van der Waals surface area contributed by atoms with E-state index >= 15 is 0 Å². The van der Waals surface area contributed by atoms with Crippen molar-refractivity contribution in [1.82, 2.24) is 5.43 Å². The van der Waals surface area contributed by atoms with Crippen molar-refractivity contribution in [2.75, 3.05) is 0 Å². The lowest BCUT2D eigenvalue weighted by Gasteiger charge is -1.92. The molecular formula is C4H8N4O. The molecule has 0 bridgehead atoms. The Hall–Kier alpha value is -1.39. The van der Waals surface area contributed by atoms with E-state index in [1.807, 2.05) is 0 Å². The summed E-state index contributed by atoms with van der Waals surface area (Å²) < 4.78 is 0. The Morgan fingerprint density at radius 3 is 2.78 bits per heavy atom. The number of guanidine groups is 1. The molecule has 5 nitrogen and oxygen atoms in total. The lowest BCUT2D eigenvalue weighted by molar-refractivity contribution is -0.102. The van der Waals surface area contributed by atoms with E-state index in [9.17, 15) is 4.79 Å². The van der Waals surface area contributed by atoms with Gasteiger partial charge in [0.05, 0.1) is 5.71 Å². The van der Waals surface area contributed by atoms with E-state index in [1.165, 1.54) is 6.92 Å². The number of hydrogen-bond donors (Lipinski definition) is 3. The summed E-state index contributed by atoms with van der Waals surface area (Å²) in [5.74, 6) is -0.281.